The number of benzene rings is 1. The van der Waals surface area contributed by atoms with Crippen LogP contribution in [-0.2, 0) is 18.3 Å². The van der Waals surface area contributed by atoms with Crippen molar-refractivity contribution in [3.05, 3.63) is 47.3 Å². The SMILES string of the molecule is Cn1cc([C@@H]2C[C@H]2C(=O)N[C@@H]2CCCc3cc(OC(F)F)ccc32)cn1. The summed E-state index contributed by atoms with van der Waals surface area (Å²) in [5.41, 5.74) is 3.08. The quantitative estimate of drug-likeness (QED) is 0.889. The number of ether oxygens (including phenoxy) is 1. The fraction of sp³-hybridized carbons (Fsp3) is 0.474. The third kappa shape index (κ3) is 3.43. The van der Waals surface area contributed by atoms with E-state index in [2.05, 4.69) is 15.2 Å². The topological polar surface area (TPSA) is 56.2 Å². The molecule has 1 heterocycles. The van der Waals surface area contributed by atoms with Gasteiger partial charge in [0.15, 0.2) is 0 Å². The van der Waals surface area contributed by atoms with E-state index in [0.29, 0.717) is 0 Å². The van der Waals surface area contributed by atoms with Gasteiger partial charge in [0.25, 0.3) is 0 Å². The van der Waals surface area contributed by atoms with Gasteiger partial charge in [-0.15, -0.1) is 0 Å². The third-order valence-electron chi connectivity index (χ3n) is 5.25. The molecule has 0 radical (unpaired) electrons. The number of hydrogen-bond acceptors (Lipinski definition) is 3. The van der Waals surface area contributed by atoms with Crippen LogP contribution in [0.4, 0.5) is 8.78 Å². The number of hydrogen-bond donors (Lipinski definition) is 1. The molecule has 0 aliphatic heterocycles. The molecule has 0 spiro atoms. The molecule has 1 fully saturated rings. The summed E-state index contributed by atoms with van der Waals surface area (Å²) < 4.78 is 31.0. The van der Waals surface area contributed by atoms with E-state index in [4.69, 9.17) is 0 Å². The fourth-order valence-corrected chi connectivity index (χ4v) is 3.88. The lowest BCUT2D eigenvalue weighted by atomic mass is 9.87. The Balaban J connectivity index is 1.43. The maximum absolute atomic E-state index is 12.6. The van der Waals surface area contributed by atoms with Crippen molar-refractivity contribution in [3.63, 3.8) is 0 Å². The number of alkyl halides is 2. The van der Waals surface area contributed by atoms with E-state index in [9.17, 15) is 13.6 Å². The minimum atomic E-state index is -2.83. The second kappa shape index (κ2) is 6.70. The molecule has 1 N–H and O–H groups in total. The number of fused-ring (bicyclic) bond motifs is 1. The van der Waals surface area contributed by atoms with Crippen LogP contribution in [-0.4, -0.2) is 22.3 Å². The molecule has 5 nitrogen and oxygen atoms in total. The monoisotopic (exact) mass is 361 g/mol. The van der Waals surface area contributed by atoms with Gasteiger partial charge in [0.05, 0.1) is 12.2 Å². The van der Waals surface area contributed by atoms with E-state index in [0.717, 1.165) is 42.4 Å². The molecule has 138 valence electrons. The zero-order valence-electron chi connectivity index (χ0n) is 14.5. The normalized spacial score (nSPS) is 24.2. The highest BCUT2D eigenvalue weighted by molar-refractivity contribution is 5.83. The largest absolute Gasteiger partial charge is 0.435 e. The van der Waals surface area contributed by atoms with E-state index in [1.807, 2.05) is 19.4 Å². The first-order valence-electron chi connectivity index (χ1n) is 8.88. The van der Waals surface area contributed by atoms with E-state index < -0.39 is 6.61 Å². The van der Waals surface area contributed by atoms with E-state index >= 15 is 0 Å². The highest BCUT2D eigenvalue weighted by Crippen LogP contribution is 2.48. The van der Waals surface area contributed by atoms with Gasteiger partial charge in [-0.05, 0) is 60.4 Å². The van der Waals surface area contributed by atoms with Crippen molar-refractivity contribution < 1.29 is 18.3 Å². The zero-order valence-corrected chi connectivity index (χ0v) is 14.5. The number of aromatic nitrogens is 2. The number of amides is 1. The zero-order chi connectivity index (χ0) is 18.3. The van der Waals surface area contributed by atoms with Crippen molar-refractivity contribution in [1.82, 2.24) is 15.1 Å². The van der Waals surface area contributed by atoms with Crippen LogP contribution >= 0.6 is 0 Å². The van der Waals surface area contributed by atoms with Crippen LogP contribution < -0.4 is 10.1 Å². The van der Waals surface area contributed by atoms with Crippen molar-refractivity contribution in [1.29, 1.82) is 0 Å². The van der Waals surface area contributed by atoms with Gasteiger partial charge in [0, 0.05) is 19.2 Å². The summed E-state index contributed by atoms with van der Waals surface area (Å²) in [6, 6.07) is 4.94. The van der Waals surface area contributed by atoms with Gasteiger partial charge in [-0.2, -0.15) is 13.9 Å². The Labute approximate surface area is 150 Å². The molecule has 2 aliphatic carbocycles. The number of nitrogens with zero attached hydrogens (tertiary/aromatic N) is 2. The highest BCUT2D eigenvalue weighted by atomic mass is 19.3. The lowest BCUT2D eigenvalue weighted by Gasteiger charge is -2.27. The van der Waals surface area contributed by atoms with Gasteiger partial charge in [0.1, 0.15) is 5.75 Å². The van der Waals surface area contributed by atoms with Crippen molar-refractivity contribution in [3.8, 4) is 5.75 Å². The summed E-state index contributed by atoms with van der Waals surface area (Å²) in [7, 11) is 1.87. The minimum absolute atomic E-state index is 0.00832. The molecule has 0 unspecified atom stereocenters. The van der Waals surface area contributed by atoms with Gasteiger partial charge < -0.3 is 10.1 Å². The Hall–Kier alpha value is -2.44. The Morgan fingerprint density at radius 3 is 3.00 bits per heavy atom. The van der Waals surface area contributed by atoms with Crippen LogP contribution in [0.25, 0.3) is 0 Å². The smallest absolute Gasteiger partial charge is 0.387 e. The van der Waals surface area contributed by atoms with Gasteiger partial charge in [-0.3, -0.25) is 9.48 Å². The lowest BCUT2D eigenvalue weighted by molar-refractivity contribution is -0.123. The average molecular weight is 361 g/mol. The summed E-state index contributed by atoms with van der Waals surface area (Å²) in [5, 5.41) is 7.31. The Kier molecular flexibility index (Phi) is 4.38. The van der Waals surface area contributed by atoms with Crippen LogP contribution in [0.3, 0.4) is 0 Å². The number of carbonyl (C=O) groups is 1. The number of halogens is 2. The first-order chi connectivity index (χ1) is 12.5. The van der Waals surface area contributed by atoms with Crippen LogP contribution in [0, 0.1) is 5.92 Å². The number of rotatable bonds is 5. The standard InChI is InChI=1S/C19H21F2N3O2/c1-24-10-12(9-22-24)15-8-16(15)18(25)23-17-4-2-3-11-7-13(26-19(20)21)5-6-14(11)17/h5-7,9-10,15-17,19H,2-4,8H2,1H3,(H,23,25)/t15-,16+,17+/m0/s1. The lowest BCUT2D eigenvalue weighted by Crippen LogP contribution is -2.32. The van der Waals surface area contributed by atoms with E-state index in [1.54, 1.807) is 22.9 Å². The van der Waals surface area contributed by atoms with Gasteiger partial charge >= 0.3 is 6.61 Å². The second-order valence-corrected chi connectivity index (χ2v) is 7.09. The number of aryl methyl sites for hydroxylation is 2. The van der Waals surface area contributed by atoms with Crippen molar-refractivity contribution in [2.24, 2.45) is 13.0 Å². The highest BCUT2D eigenvalue weighted by Gasteiger charge is 2.45. The van der Waals surface area contributed by atoms with Crippen molar-refractivity contribution in [2.75, 3.05) is 0 Å². The van der Waals surface area contributed by atoms with Crippen LogP contribution in [0.2, 0.25) is 0 Å². The van der Waals surface area contributed by atoms with Crippen LogP contribution in [0.5, 0.6) is 5.75 Å². The predicted octanol–water partition coefficient (Wildman–Crippen LogP) is 3.32. The molecule has 0 bridgehead atoms. The molecule has 1 saturated carbocycles. The molecule has 2 aromatic rings. The molecule has 26 heavy (non-hydrogen) atoms. The van der Waals surface area contributed by atoms with Gasteiger partial charge in [-0.1, -0.05) is 6.07 Å². The summed E-state index contributed by atoms with van der Waals surface area (Å²) in [4.78, 5) is 12.6. The van der Waals surface area contributed by atoms with Crippen LogP contribution in [0.1, 0.15) is 47.9 Å². The first kappa shape index (κ1) is 17.0. The fourth-order valence-electron chi connectivity index (χ4n) is 3.88. The summed E-state index contributed by atoms with van der Waals surface area (Å²) in [6.07, 6.45) is 7.20. The van der Waals surface area contributed by atoms with Gasteiger partial charge in [0.2, 0.25) is 5.91 Å². The van der Waals surface area contributed by atoms with Crippen LogP contribution in [0.15, 0.2) is 30.6 Å². The van der Waals surface area contributed by atoms with Gasteiger partial charge in [-0.25, -0.2) is 0 Å². The number of nitrogens with one attached hydrogen (secondary N) is 1. The molecule has 1 aromatic heterocycles. The predicted molar refractivity (Wildman–Crippen MR) is 91.0 cm³/mol. The van der Waals surface area contributed by atoms with Crippen molar-refractivity contribution >= 4 is 5.91 Å². The Bertz CT molecular complexity index is 821. The molecule has 0 saturated heterocycles. The molecular weight excluding hydrogens is 340 g/mol. The molecule has 2 aliphatic rings. The summed E-state index contributed by atoms with van der Waals surface area (Å²) in [6.45, 7) is -2.83. The molecule has 1 aromatic carbocycles. The molecule has 3 atom stereocenters. The Morgan fingerprint density at radius 1 is 1.42 bits per heavy atom. The maximum Gasteiger partial charge on any atom is 0.387 e. The average Bonchev–Trinajstić information content (AvgIpc) is 3.29. The molecular formula is C19H21F2N3O2. The molecule has 4 rings (SSSR count). The summed E-state index contributed by atoms with van der Waals surface area (Å²) >= 11 is 0. The minimum Gasteiger partial charge on any atom is -0.435 e. The van der Waals surface area contributed by atoms with E-state index in [-0.39, 0.29) is 29.5 Å². The van der Waals surface area contributed by atoms with E-state index in [1.165, 1.54) is 0 Å². The molecule has 1 amide bonds. The first-order valence-corrected chi connectivity index (χ1v) is 8.88. The summed E-state index contributed by atoms with van der Waals surface area (Å²) in [5.74, 6) is 0.466. The second-order valence-electron chi connectivity index (χ2n) is 7.09. The Morgan fingerprint density at radius 2 is 2.27 bits per heavy atom. The van der Waals surface area contributed by atoms with Crippen molar-refractivity contribution in [2.45, 2.75) is 44.3 Å². The molecule has 7 heteroatoms. The maximum atomic E-state index is 12.6. The number of carbonyl (C=O) groups excluding carboxylic acids is 1. The third-order valence-corrected chi connectivity index (χ3v) is 5.25.